The van der Waals surface area contributed by atoms with Gasteiger partial charge < -0.3 is 14.5 Å². The van der Waals surface area contributed by atoms with Crippen molar-refractivity contribution in [3.05, 3.63) is 76.6 Å². The first-order valence-electron chi connectivity index (χ1n) is 10.2. The summed E-state index contributed by atoms with van der Waals surface area (Å²) in [5, 5.41) is 5.25. The van der Waals surface area contributed by atoms with Gasteiger partial charge >= 0.3 is 5.97 Å². The first-order chi connectivity index (χ1) is 15.0. The van der Waals surface area contributed by atoms with Crippen LogP contribution >= 0.6 is 11.3 Å². The Morgan fingerprint density at radius 2 is 1.90 bits per heavy atom. The third-order valence-corrected chi connectivity index (χ3v) is 6.03. The number of thiophene rings is 1. The molecule has 1 aromatic carbocycles. The predicted octanol–water partition coefficient (Wildman–Crippen LogP) is 5.36. The van der Waals surface area contributed by atoms with Gasteiger partial charge in [-0.05, 0) is 38.0 Å². The van der Waals surface area contributed by atoms with E-state index in [0.717, 1.165) is 34.6 Å². The van der Waals surface area contributed by atoms with E-state index in [1.807, 2.05) is 53.1 Å². The molecule has 4 rings (SSSR count). The zero-order valence-corrected chi connectivity index (χ0v) is 18.5. The van der Waals surface area contributed by atoms with E-state index in [1.165, 1.54) is 11.3 Å². The van der Waals surface area contributed by atoms with E-state index in [9.17, 15) is 9.59 Å². The molecule has 0 saturated heterocycles. The lowest BCUT2D eigenvalue weighted by molar-refractivity contribution is 0.0529. The SMILES string of the molecule is CCOC(=O)c1c(-c2ccccc2)csc1NC(=O)c1ccc2nc(CC)c(C)n2c1. The molecule has 0 spiro atoms. The van der Waals surface area contributed by atoms with Crippen LogP contribution in [-0.2, 0) is 11.2 Å². The van der Waals surface area contributed by atoms with Crippen LogP contribution in [0.4, 0.5) is 5.00 Å². The molecule has 158 valence electrons. The normalized spacial score (nSPS) is 10.9. The number of amides is 1. The molecule has 7 heteroatoms. The van der Waals surface area contributed by atoms with Crippen molar-refractivity contribution < 1.29 is 14.3 Å². The Kier molecular flexibility index (Phi) is 5.86. The van der Waals surface area contributed by atoms with Crippen LogP contribution in [0, 0.1) is 6.92 Å². The number of carbonyl (C=O) groups excluding carboxylic acids is 2. The largest absolute Gasteiger partial charge is 0.462 e. The number of esters is 1. The number of pyridine rings is 1. The Bertz CT molecular complexity index is 1260. The first kappa shape index (κ1) is 20.8. The highest BCUT2D eigenvalue weighted by molar-refractivity contribution is 7.15. The molecule has 6 nitrogen and oxygen atoms in total. The Labute approximate surface area is 184 Å². The maximum Gasteiger partial charge on any atom is 0.341 e. The monoisotopic (exact) mass is 433 g/mol. The average Bonchev–Trinajstić information content (AvgIpc) is 3.35. The number of anilines is 1. The van der Waals surface area contributed by atoms with Crippen LogP contribution in [0.25, 0.3) is 16.8 Å². The maximum absolute atomic E-state index is 13.0. The van der Waals surface area contributed by atoms with Gasteiger partial charge in [0.05, 0.1) is 17.9 Å². The number of rotatable bonds is 6. The molecule has 31 heavy (non-hydrogen) atoms. The van der Waals surface area contributed by atoms with Gasteiger partial charge in [0, 0.05) is 22.8 Å². The predicted molar refractivity (Wildman–Crippen MR) is 123 cm³/mol. The summed E-state index contributed by atoms with van der Waals surface area (Å²) in [5.74, 6) is -0.744. The summed E-state index contributed by atoms with van der Waals surface area (Å²) in [7, 11) is 0. The van der Waals surface area contributed by atoms with Crippen molar-refractivity contribution in [1.29, 1.82) is 0 Å². The number of aryl methyl sites for hydroxylation is 2. The zero-order valence-electron chi connectivity index (χ0n) is 17.6. The van der Waals surface area contributed by atoms with Gasteiger partial charge in [0.1, 0.15) is 16.2 Å². The summed E-state index contributed by atoms with van der Waals surface area (Å²) >= 11 is 1.31. The third kappa shape index (κ3) is 3.96. The van der Waals surface area contributed by atoms with Crippen molar-refractivity contribution in [1.82, 2.24) is 9.38 Å². The van der Waals surface area contributed by atoms with Crippen molar-refractivity contribution in [3.63, 3.8) is 0 Å². The van der Waals surface area contributed by atoms with Gasteiger partial charge in [0.25, 0.3) is 5.91 Å². The number of hydrogen-bond donors (Lipinski definition) is 1. The van der Waals surface area contributed by atoms with Gasteiger partial charge in [-0.15, -0.1) is 11.3 Å². The van der Waals surface area contributed by atoms with E-state index in [1.54, 1.807) is 19.2 Å². The second-order valence-electron chi connectivity index (χ2n) is 7.04. The van der Waals surface area contributed by atoms with Gasteiger partial charge in [0.2, 0.25) is 0 Å². The highest BCUT2D eigenvalue weighted by atomic mass is 32.1. The molecule has 0 fully saturated rings. The molecule has 0 radical (unpaired) electrons. The fourth-order valence-electron chi connectivity index (χ4n) is 3.54. The second kappa shape index (κ2) is 8.73. The van der Waals surface area contributed by atoms with Crippen LogP contribution in [0.3, 0.4) is 0 Å². The third-order valence-electron chi connectivity index (χ3n) is 5.13. The number of nitrogens with one attached hydrogen (secondary N) is 1. The fraction of sp³-hybridized carbons (Fsp3) is 0.208. The van der Waals surface area contributed by atoms with Crippen LogP contribution in [-0.4, -0.2) is 27.9 Å². The molecule has 3 aromatic heterocycles. The van der Waals surface area contributed by atoms with E-state index < -0.39 is 5.97 Å². The Hall–Kier alpha value is -3.45. The van der Waals surface area contributed by atoms with Gasteiger partial charge in [-0.1, -0.05) is 37.3 Å². The Morgan fingerprint density at radius 1 is 1.13 bits per heavy atom. The van der Waals surface area contributed by atoms with Crippen molar-refractivity contribution in [2.24, 2.45) is 0 Å². The van der Waals surface area contributed by atoms with Crippen molar-refractivity contribution in [2.75, 3.05) is 11.9 Å². The van der Waals surface area contributed by atoms with Gasteiger partial charge in [-0.25, -0.2) is 9.78 Å². The average molecular weight is 434 g/mol. The van der Waals surface area contributed by atoms with Crippen LogP contribution < -0.4 is 5.32 Å². The number of ether oxygens (including phenoxy) is 1. The van der Waals surface area contributed by atoms with Crippen LogP contribution in [0.2, 0.25) is 0 Å². The summed E-state index contributed by atoms with van der Waals surface area (Å²) in [4.78, 5) is 30.3. The molecular weight excluding hydrogens is 410 g/mol. The number of benzene rings is 1. The lowest BCUT2D eigenvalue weighted by Crippen LogP contribution is -2.15. The molecule has 0 aliphatic rings. The number of nitrogens with zero attached hydrogens (tertiary/aromatic N) is 2. The quantitative estimate of drug-likeness (QED) is 0.415. The van der Waals surface area contributed by atoms with Gasteiger partial charge in [0.15, 0.2) is 0 Å². The van der Waals surface area contributed by atoms with E-state index in [0.29, 0.717) is 16.1 Å². The van der Waals surface area contributed by atoms with E-state index >= 15 is 0 Å². The smallest absolute Gasteiger partial charge is 0.341 e. The summed E-state index contributed by atoms with van der Waals surface area (Å²) in [5.41, 5.74) is 5.33. The lowest BCUT2D eigenvalue weighted by Gasteiger charge is -2.09. The number of hydrogen-bond acceptors (Lipinski definition) is 5. The van der Waals surface area contributed by atoms with Crippen LogP contribution in [0.1, 0.15) is 46.0 Å². The molecule has 1 amide bonds. The minimum atomic E-state index is -0.452. The standard InChI is InChI=1S/C24H23N3O3S/c1-4-19-15(3)27-13-17(11-12-20(27)25-19)22(28)26-23-21(24(29)30-5-2)18(14-31-23)16-9-7-6-8-10-16/h6-14H,4-5H2,1-3H3,(H,26,28). The molecule has 0 aliphatic heterocycles. The second-order valence-corrected chi connectivity index (χ2v) is 7.92. The summed E-state index contributed by atoms with van der Waals surface area (Å²) < 4.78 is 7.19. The van der Waals surface area contributed by atoms with Crippen molar-refractivity contribution in [2.45, 2.75) is 27.2 Å². The van der Waals surface area contributed by atoms with Crippen molar-refractivity contribution in [3.8, 4) is 11.1 Å². The molecule has 0 atom stereocenters. The topological polar surface area (TPSA) is 72.7 Å². The number of aromatic nitrogens is 2. The number of fused-ring (bicyclic) bond motifs is 1. The fourth-order valence-corrected chi connectivity index (χ4v) is 4.49. The molecule has 0 aliphatic carbocycles. The highest BCUT2D eigenvalue weighted by Gasteiger charge is 2.23. The zero-order chi connectivity index (χ0) is 22.0. The molecule has 4 aromatic rings. The molecule has 3 heterocycles. The molecular formula is C24H23N3O3S. The Morgan fingerprint density at radius 3 is 2.61 bits per heavy atom. The van der Waals surface area contributed by atoms with E-state index in [2.05, 4.69) is 17.2 Å². The molecule has 0 bridgehead atoms. The molecule has 1 N–H and O–H groups in total. The van der Waals surface area contributed by atoms with Crippen molar-refractivity contribution >= 4 is 33.9 Å². The van der Waals surface area contributed by atoms with Gasteiger partial charge in [-0.2, -0.15) is 0 Å². The minimum Gasteiger partial charge on any atom is -0.462 e. The molecule has 0 unspecified atom stereocenters. The minimum absolute atomic E-state index is 0.257. The van der Waals surface area contributed by atoms with Crippen LogP contribution in [0.15, 0.2) is 54.0 Å². The lowest BCUT2D eigenvalue weighted by atomic mass is 10.0. The van der Waals surface area contributed by atoms with Gasteiger partial charge in [-0.3, -0.25) is 4.79 Å². The number of carbonyl (C=O) groups is 2. The van der Waals surface area contributed by atoms with E-state index in [-0.39, 0.29) is 12.5 Å². The highest BCUT2D eigenvalue weighted by Crippen LogP contribution is 2.36. The first-order valence-corrected chi connectivity index (χ1v) is 11.0. The maximum atomic E-state index is 13.0. The summed E-state index contributed by atoms with van der Waals surface area (Å²) in [6, 6.07) is 13.2. The summed E-state index contributed by atoms with van der Waals surface area (Å²) in [6.07, 6.45) is 2.61. The molecule has 0 saturated carbocycles. The van der Waals surface area contributed by atoms with Crippen LogP contribution in [0.5, 0.6) is 0 Å². The Balaban J connectivity index is 1.69. The number of imidazole rings is 1. The summed E-state index contributed by atoms with van der Waals surface area (Å²) in [6.45, 7) is 6.07. The van der Waals surface area contributed by atoms with E-state index in [4.69, 9.17) is 4.74 Å².